The van der Waals surface area contributed by atoms with E-state index in [0.29, 0.717) is 0 Å². The summed E-state index contributed by atoms with van der Waals surface area (Å²) in [6, 6.07) is 62.6. The average Bonchev–Trinajstić information content (AvgIpc) is 3.45. The van der Waals surface area contributed by atoms with Crippen molar-refractivity contribution in [3.05, 3.63) is 170 Å². The Hall–Kier alpha value is -5.98. The van der Waals surface area contributed by atoms with Crippen LogP contribution < -0.4 is 0 Å². The lowest BCUT2D eigenvalue weighted by atomic mass is 9.82. The molecule has 1 aliphatic carbocycles. The minimum Gasteiger partial charge on any atom is -0.0622 e. The molecule has 0 saturated carbocycles. The van der Waals surface area contributed by atoms with Crippen LogP contribution in [-0.2, 0) is 0 Å². The lowest BCUT2D eigenvalue weighted by Gasteiger charge is -2.20. The van der Waals surface area contributed by atoms with Gasteiger partial charge in [0.05, 0.1) is 0 Å². The Morgan fingerprint density at radius 1 is 0.217 bits per heavy atom. The molecule has 9 aromatic rings. The Balaban J connectivity index is 1.44. The van der Waals surface area contributed by atoms with Crippen LogP contribution in [0.4, 0.5) is 0 Å². The summed E-state index contributed by atoms with van der Waals surface area (Å²) in [5.74, 6) is 0. The van der Waals surface area contributed by atoms with E-state index in [1.807, 2.05) is 0 Å². The lowest BCUT2D eigenvalue weighted by Crippen LogP contribution is -1.93. The van der Waals surface area contributed by atoms with Crippen LogP contribution in [-0.4, -0.2) is 0 Å². The van der Waals surface area contributed by atoms with E-state index in [2.05, 4.69) is 170 Å². The molecular weight excluding hydrogens is 553 g/mol. The predicted molar refractivity (Wildman–Crippen MR) is 197 cm³/mol. The zero-order valence-corrected chi connectivity index (χ0v) is 25.2. The highest BCUT2D eigenvalue weighted by molar-refractivity contribution is 6.33. The van der Waals surface area contributed by atoms with Gasteiger partial charge in [-0.05, 0) is 111 Å². The van der Waals surface area contributed by atoms with Gasteiger partial charge < -0.3 is 0 Å². The molecule has 0 spiro atoms. The largest absolute Gasteiger partial charge is 0.0622 e. The minimum absolute atomic E-state index is 1.25. The van der Waals surface area contributed by atoms with Gasteiger partial charge in [0, 0.05) is 0 Å². The Morgan fingerprint density at radius 3 is 1.26 bits per heavy atom. The number of rotatable bonds is 3. The van der Waals surface area contributed by atoms with E-state index < -0.39 is 0 Å². The minimum atomic E-state index is 1.25. The van der Waals surface area contributed by atoms with E-state index in [1.165, 1.54) is 98.7 Å². The maximum absolute atomic E-state index is 2.50. The van der Waals surface area contributed by atoms with Gasteiger partial charge in [0.25, 0.3) is 0 Å². The molecule has 0 heterocycles. The van der Waals surface area contributed by atoms with Gasteiger partial charge in [0.1, 0.15) is 0 Å². The molecule has 1 aliphatic rings. The zero-order valence-electron chi connectivity index (χ0n) is 25.2. The average molecular weight is 581 g/mol. The van der Waals surface area contributed by atoms with Crippen molar-refractivity contribution in [2.75, 3.05) is 0 Å². The van der Waals surface area contributed by atoms with E-state index in [9.17, 15) is 0 Å². The second-order valence-corrected chi connectivity index (χ2v) is 12.4. The maximum Gasteiger partial charge on any atom is -0.000719 e. The highest BCUT2D eigenvalue weighted by Gasteiger charge is 2.31. The van der Waals surface area contributed by atoms with Crippen LogP contribution in [0.3, 0.4) is 0 Å². The van der Waals surface area contributed by atoms with Crippen LogP contribution in [0.15, 0.2) is 170 Å². The van der Waals surface area contributed by atoms with Gasteiger partial charge in [0.15, 0.2) is 0 Å². The highest BCUT2D eigenvalue weighted by atomic mass is 14.3. The van der Waals surface area contributed by atoms with E-state index in [4.69, 9.17) is 0 Å². The van der Waals surface area contributed by atoms with Gasteiger partial charge in [0.2, 0.25) is 0 Å². The molecule has 0 amide bonds. The summed E-state index contributed by atoms with van der Waals surface area (Å²) < 4.78 is 0. The predicted octanol–water partition coefficient (Wildman–Crippen LogP) is 12.9. The molecular formula is C46H28. The highest BCUT2D eigenvalue weighted by Crippen LogP contribution is 2.59. The first-order valence-electron chi connectivity index (χ1n) is 16.0. The fourth-order valence-electron chi connectivity index (χ4n) is 8.11. The van der Waals surface area contributed by atoms with Gasteiger partial charge in [-0.1, -0.05) is 158 Å². The first-order chi connectivity index (χ1) is 22.9. The van der Waals surface area contributed by atoms with Crippen LogP contribution in [0.5, 0.6) is 0 Å². The summed E-state index contributed by atoms with van der Waals surface area (Å²) >= 11 is 0. The maximum atomic E-state index is 2.50. The van der Waals surface area contributed by atoms with Crippen molar-refractivity contribution in [3.63, 3.8) is 0 Å². The fraction of sp³-hybridized carbons (Fsp3) is 0. The molecule has 0 atom stereocenters. The monoisotopic (exact) mass is 580 g/mol. The summed E-state index contributed by atoms with van der Waals surface area (Å²) in [5.41, 5.74) is 13.0. The van der Waals surface area contributed by atoms with Gasteiger partial charge >= 0.3 is 0 Å². The van der Waals surface area contributed by atoms with Crippen molar-refractivity contribution in [1.29, 1.82) is 0 Å². The molecule has 0 aromatic heterocycles. The Bertz CT molecular complexity index is 2650. The normalized spacial score (nSPS) is 11.9. The van der Waals surface area contributed by atoms with E-state index in [0.717, 1.165) is 0 Å². The summed E-state index contributed by atoms with van der Waals surface area (Å²) in [5, 5.41) is 10.4. The third-order valence-corrected chi connectivity index (χ3v) is 9.96. The first-order valence-corrected chi connectivity index (χ1v) is 16.0. The summed E-state index contributed by atoms with van der Waals surface area (Å²) in [7, 11) is 0. The van der Waals surface area contributed by atoms with Crippen LogP contribution >= 0.6 is 0 Å². The number of hydrogen-bond donors (Lipinski definition) is 0. The van der Waals surface area contributed by atoms with Crippen LogP contribution in [0.25, 0.3) is 98.7 Å². The van der Waals surface area contributed by atoms with Crippen molar-refractivity contribution < 1.29 is 0 Å². The van der Waals surface area contributed by atoms with Gasteiger partial charge in [-0.3, -0.25) is 0 Å². The number of benzene rings is 9. The third kappa shape index (κ3) is 3.50. The van der Waals surface area contributed by atoms with E-state index in [-0.39, 0.29) is 0 Å². The van der Waals surface area contributed by atoms with Crippen LogP contribution in [0.1, 0.15) is 0 Å². The molecule has 212 valence electrons. The van der Waals surface area contributed by atoms with Crippen molar-refractivity contribution in [1.82, 2.24) is 0 Å². The van der Waals surface area contributed by atoms with E-state index in [1.54, 1.807) is 0 Å². The summed E-state index contributed by atoms with van der Waals surface area (Å²) in [6.45, 7) is 0. The van der Waals surface area contributed by atoms with Crippen molar-refractivity contribution in [2.24, 2.45) is 0 Å². The molecule has 46 heavy (non-hydrogen) atoms. The SMILES string of the molecule is c1ccc(-c2c3c(c(-c4ccccc4)c4ccccc24)-c2cc4c5ccccc5c(-c5ccccc5)cc4c4cccc-3c24)cc1. The van der Waals surface area contributed by atoms with Gasteiger partial charge in [-0.2, -0.15) is 0 Å². The van der Waals surface area contributed by atoms with Gasteiger partial charge in [-0.15, -0.1) is 0 Å². The van der Waals surface area contributed by atoms with Gasteiger partial charge in [-0.25, -0.2) is 0 Å². The number of fused-ring (bicyclic) bond motifs is 8. The molecule has 10 rings (SSSR count). The summed E-state index contributed by atoms with van der Waals surface area (Å²) in [6.07, 6.45) is 0. The van der Waals surface area contributed by atoms with E-state index >= 15 is 0 Å². The molecule has 0 nitrogen and oxygen atoms in total. The Kier molecular flexibility index (Phi) is 5.38. The molecule has 0 bridgehead atoms. The molecule has 0 radical (unpaired) electrons. The molecule has 0 unspecified atom stereocenters. The third-order valence-electron chi connectivity index (χ3n) is 9.96. The van der Waals surface area contributed by atoms with Crippen molar-refractivity contribution in [3.8, 4) is 55.6 Å². The summed E-state index contributed by atoms with van der Waals surface area (Å²) in [4.78, 5) is 0. The van der Waals surface area contributed by atoms with Crippen LogP contribution in [0.2, 0.25) is 0 Å². The topological polar surface area (TPSA) is 0 Å². The molecule has 0 N–H and O–H groups in total. The van der Waals surface area contributed by atoms with Crippen LogP contribution in [0, 0.1) is 0 Å². The molecule has 0 saturated heterocycles. The van der Waals surface area contributed by atoms with Crippen molar-refractivity contribution >= 4 is 43.1 Å². The smallest absolute Gasteiger partial charge is 0.000719 e. The Labute approximate surface area is 267 Å². The molecule has 0 aliphatic heterocycles. The number of hydrogen-bond acceptors (Lipinski definition) is 0. The second kappa shape index (κ2) is 9.76. The lowest BCUT2D eigenvalue weighted by molar-refractivity contribution is 1.62. The standard InChI is InChI=1S/C46H28/c1-4-15-29(16-5-1)38-27-40-36-25-14-26-37-44(36)41(28-39(40)33-22-11-10-21-32(33)38)46-43(31-19-8-3-9-20-31)35-24-13-12-23-34(35)42(45(37)46)30-17-6-2-7-18-30/h1-28H. The molecule has 0 heteroatoms. The quantitative estimate of drug-likeness (QED) is 0.182. The molecule has 0 fully saturated rings. The fourth-order valence-corrected chi connectivity index (χ4v) is 8.11. The second-order valence-electron chi connectivity index (χ2n) is 12.4. The molecule has 9 aromatic carbocycles. The van der Waals surface area contributed by atoms with Crippen molar-refractivity contribution in [2.45, 2.75) is 0 Å². The zero-order chi connectivity index (χ0) is 30.2. The first kappa shape index (κ1) is 25.4. The Morgan fingerprint density at radius 2 is 0.652 bits per heavy atom.